The van der Waals surface area contributed by atoms with Gasteiger partial charge in [0.15, 0.2) is 0 Å². The van der Waals surface area contributed by atoms with Crippen LogP contribution in [-0.2, 0) is 6.54 Å². The normalized spacial score (nSPS) is 21.0. The second-order valence-electron chi connectivity index (χ2n) is 5.77. The summed E-state index contributed by atoms with van der Waals surface area (Å²) in [5.41, 5.74) is 1.25. The van der Waals surface area contributed by atoms with Gasteiger partial charge in [0.1, 0.15) is 5.75 Å². The fraction of sp³-hybridized carbons (Fsp3) is 0.562. The van der Waals surface area contributed by atoms with Crippen LogP contribution in [0.4, 0.5) is 0 Å². The molecular formula is C16H24N2O3. The van der Waals surface area contributed by atoms with Crippen molar-refractivity contribution < 1.29 is 14.6 Å². The van der Waals surface area contributed by atoms with Crippen LogP contribution in [0, 0.1) is 0 Å². The fourth-order valence-electron chi connectivity index (χ4n) is 2.91. The van der Waals surface area contributed by atoms with Gasteiger partial charge in [-0.15, -0.1) is 0 Å². The molecule has 0 bridgehead atoms. The first-order valence-corrected chi connectivity index (χ1v) is 7.34. The van der Waals surface area contributed by atoms with Gasteiger partial charge in [0.05, 0.1) is 12.7 Å². The highest BCUT2D eigenvalue weighted by Crippen LogP contribution is 2.23. The van der Waals surface area contributed by atoms with E-state index in [1.807, 2.05) is 0 Å². The van der Waals surface area contributed by atoms with Gasteiger partial charge in [-0.1, -0.05) is 0 Å². The molecule has 0 aromatic heterocycles. The van der Waals surface area contributed by atoms with Crippen LogP contribution in [0.3, 0.4) is 0 Å². The number of methoxy groups -OCH3 is 1. The predicted octanol–water partition coefficient (Wildman–Crippen LogP) is 1.92. The zero-order chi connectivity index (χ0) is 15.4. The number of carbonyl (C=O) groups is 1. The van der Waals surface area contributed by atoms with Gasteiger partial charge in [-0.05, 0) is 45.1 Å². The minimum absolute atomic E-state index is 0.311. The molecular weight excluding hydrogens is 268 g/mol. The number of nitrogens with zero attached hydrogens (tertiary/aromatic N) is 2. The lowest BCUT2D eigenvalue weighted by atomic mass is 10.1. The van der Waals surface area contributed by atoms with Gasteiger partial charge >= 0.3 is 5.97 Å². The van der Waals surface area contributed by atoms with Crippen molar-refractivity contribution in [3.05, 3.63) is 29.3 Å². The molecule has 5 heteroatoms. The Labute approximate surface area is 126 Å². The van der Waals surface area contributed by atoms with Crippen LogP contribution >= 0.6 is 0 Å². The average molecular weight is 292 g/mol. The van der Waals surface area contributed by atoms with Crippen LogP contribution in [0.5, 0.6) is 5.75 Å². The third kappa shape index (κ3) is 3.95. The number of ether oxygens (including phenoxy) is 1. The Morgan fingerprint density at radius 1 is 1.43 bits per heavy atom. The van der Waals surface area contributed by atoms with E-state index in [2.05, 4.69) is 23.8 Å². The number of hydrogen-bond donors (Lipinski definition) is 1. The molecule has 5 nitrogen and oxygen atoms in total. The van der Waals surface area contributed by atoms with E-state index in [4.69, 9.17) is 9.84 Å². The number of aromatic carboxylic acids is 1. The molecule has 1 N–H and O–H groups in total. The number of likely N-dealkylation sites (N-methyl/N-ethyl adjacent to an activating group) is 1. The second kappa shape index (κ2) is 6.91. The van der Waals surface area contributed by atoms with Gasteiger partial charge in [-0.2, -0.15) is 0 Å². The average Bonchev–Trinajstić information content (AvgIpc) is 2.60. The summed E-state index contributed by atoms with van der Waals surface area (Å²) in [6.45, 7) is 6.09. The quantitative estimate of drug-likeness (QED) is 0.919. The summed E-state index contributed by atoms with van der Waals surface area (Å²) < 4.78 is 5.38. The summed E-state index contributed by atoms with van der Waals surface area (Å²) >= 11 is 0. The minimum atomic E-state index is -0.900. The maximum Gasteiger partial charge on any atom is 0.335 e. The van der Waals surface area contributed by atoms with Crippen molar-refractivity contribution in [2.75, 3.05) is 33.8 Å². The van der Waals surface area contributed by atoms with Gasteiger partial charge < -0.3 is 14.7 Å². The molecule has 1 aromatic carbocycles. The van der Waals surface area contributed by atoms with Crippen LogP contribution in [0.15, 0.2) is 18.2 Å². The summed E-state index contributed by atoms with van der Waals surface area (Å²) in [5, 5.41) is 9.15. The standard InChI is InChI=1S/C16H24N2O3/c1-12-10-17(2)7-4-8-18(12)11-14-9-13(16(19)20)5-6-15(14)21-3/h5-6,9,12H,4,7-8,10-11H2,1-3H3,(H,19,20). The first-order valence-electron chi connectivity index (χ1n) is 7.34. The number of benzene rings is 1. The smallest absolute Gasteiger partial charge is 0.335 e. The molecule has 1 aliphatic rings. The highest BCUT2D eigenvalue weighted by molar-refractivity contribution is 5.88. The molecule has 1 unspecified atom stereocenters. The van der Waals surface area contributed by atoms with Gasteiger partial charge in [0.2, 0.25) is 0 Å². The Bertz CT molecular complexity index is 504. The van der Waals surface area contributed by atoms with Crippen molar-refractivity contribution in [1.82, 2.24) is 9.80 Å². The molecule has 1 atom stereocenters. The van der Waals surface area contributed by atoms with E-state index in [0.29, 0.717) is 11.6 Å². The first kappa shape index (κ1) is 15.8. The third-order valence-corrected chi connectivity index (χ3v) is 4.09. The Morgan fingerprint density at radius 3 is 2.86 bits per heavy atom. The molecule has 1 aromatic rings. The van der Waals surface area contributed by atoms with Crippen molar-refractivity contribution in [3.8, 4) is 5.75 Å². The van der Waals surface area contributed by atoms with Gasteiger partial charge in [-0.25, -0.2) is 4.79 Å². The van der Waals surface area contributed by atoms with Crippen molar-refractivity contribution in [2.45, 2.75) is 25.9 Å². The molecule has 21 heavy (non-hydrogen) atoms. The highest BCUT2D eigenvalue weighted by Gasteiger charge is 2.21. The van der Waals surface area contributed by atoms with Crippen LogP contribution in [-0.4, -0.2) is 60.7 Å². The highest BCUT2D eigenvalue weighted by atomic mass is 16.5. The summed E-state index contributed by atoms with van der Waals surface area (Å²) in [6.07, 6.45) is 1.13. The monoisotopic (exact) mass is 292 g/mol. The van der Waals surface area contributed by atoms with E-state index < -0.39 is 5.97 Å². The molecule has 1 heterocycles. The second-order valence-corrected chi connectivity index (χ2v) is 5.77. The first-order chi connectivity index (χ1) is 10.0. The SMILES string of the molecule is COc1ccc(C(=O)O)cc1CN1CCCN(C)CC1C. The van der Waals surface area contributed by atoms with Gasteiger partial charge in [0.25, 0.3) is 0 Å². The number of hydrogen-bond acceptors (Lipinski definition) is 4. The number of carboxylic acids is 1. The Morgan fingerprint density at radius 2 is 2.19 bits per heavy atom. The largest absolute Gasteiger partial charge is 0.496 e. The van der Waals surface area contributed by atoms with E-state index in [9.17, 15) is 4.79 Å². The topological polar surface area (TPSA) is 53.0 Å². The van der Waals surface area contributed by atoms with Crippen molar-refractivity contribution in [1.29, 1.82) is 0 Å². The molecule has 2 rings (SSSR count). The molecule has 0 aliphatic carbocycles. The zero-order valence-corrected chi connectivity index (χ0v) is 13.0. The minimum Gasteiger partial charge on any atom is -0.496 e. The van der Waals surface area contributed by atoms with Crippen molar-refractivity contribution >= 4 is 5.97 Å². The lowest BCUT2D eigenvalue weighted by Gasteiger charge is -2.28. The molecule has 0 radical (unpaired) electrons. The van der Waals surface area contributed by atoms with Gasteiger partial charge in [-0.3, -0.25) is 4.90 Å². The molecule has 0 saturated carbocycles. The summed E-state index contributed by atoms with van der Waals surface area (Å²) in [5.74, 6) is -0.146. The third-order valence-electron chi connectivity index (χ3n) is 4.09. The Kier molecular flexibility index (Phi) is 5.20. The lowest BCUT2D eigenvalue weighted by Crippen LogP contribution is -2.37. The predicted molar refractivity (Wildman–Crippen MR) is 81.9 cm³/mol. The molecule has 116 valence electrons. The fourth-order valence-corrected chi connectivity index (χ4v) is 2.91. The van der Waals surface area contributed by atoms with Crippen molar-refractivity contribution in [2.24, 2.45) is 0 Å². The summed E-state index contributed by atoms with van der Waals surface area (Å²) in [7, 11) is 3.77. The van der Waals surface area contributed by atoms with E-state index >= 15 is 0 Å². The van der Waals surface area contributed by atoms with Crippen LogP contribution in [0.2, 0.25) is 0 Å². The van der Waals surface area contributed by atoms with E-state index in [-0.39, 0.29) is 0 Å². The molecule has 0 amide bonds. The Hall–Kier alpha value is -1.59. The molecule has 1 aliphatic heterocycles. The van der Waals surface area contributed by atoms with Crippen LogP contribution in [0.25, 0.3) is 0 Å². The van der Waals surface area contributed by atoms with Crippen LogP contribution in [0.1, 0.15) is 29.3 Å². The zero-order valence-electron chi connectivity index (χ0n) is 13.0. The Balaban J connectivity index is 2.20. The number of carboxylic acid groups (broad SMARTS) is 1. The van der Waals surface area contributed by atoms with E-state index in [1.54, 1.807) is 25.3 Å². The van der Waals surface area contributed by atoms with E-state index in [0.717, 1.165) is 43.9 Å². The maximum absolute atomic E-state index is 11.1. The molecule has 1 saturated heterocycles. The van der Waals surface area contributed by atoms with Gasteiger partial charge in [0, 0.05) is 31.2 Å². The van der Waals surface area contributed by atoms with Crippen LogP contribution < -0.4 is 4.74 Å². The molecule has 1 fully saturated rings. The lowest BCUT2D eigenvalue weighted by molar-refractivity contribution is 0.0696. The molecule has 0 spiro atoms. The van der Waals surface area contributed by atoms with Crippen molar-refractivity contribution in [3.63, 3.8) is 0 Å². The summed E-state index contributed by atoms with van der Waals surface area (Å²) in [4.78, 5) is 15.9. The number of rotatable bonds is 4. The maximum atomic E-state index is 11.1. The summed E-state index contributed by atoms with van der Waals surface area (Å²) in [6, 6.07) is 5.50. The van der Waals surface area contributed by atoms with E-state index in [1.165, 1.54) is 0 Å².